The number of amides is 2. The molecular weight excluding hydrogens is 548 g/mol. The van der Waals surface area contributed by atoms with E-state index in [1.165, 1.54) is 4.90 Å². The van der Waals surface area contributed by atoms with Gasteiger partial charge in [-0.15, -0.1) is 6.58 Å². The molecule has 3 aromatic rings. The van der Waals surface area contributed by atoms with Gasteiger partial charge in [0.1, 0.15) is 22.8 Å². The SMILES string of the molecule is C=CCc1c(NC2CCCN(C(=O)OC(C)(C)C)C2)nc2ccnn2c1N(C(=O)OC(C)(C)C)c1ccc(OCC)cc1. The molecule has 0 aliphatic carbocycles. The molecule has 0 bridgehead atoms. The zero-order valence-corrected chi connectivity index (χ0v) is 26.3. The van der Waals surface area contributed by atoms with E-state index in [9.17, 15) is 9.59 Å². The van der Waals surface area contributed by atoms with Crippen molar-refractivity contribution >= 4 is 35.2 Å². The Morgan fingerprint density at radius 1 is 1.09 bits per heavy atom. The second-order valence-electron chi connectivity index (χ2n) is 12.5. The van der Waals surface area contributed by atoms with Crippen molar-refractivity contribution in [2.75, 3.05) is 29.9 Å². The molecule has 1 saturated heterocycles. The minimum absolute atomic E-state index is 0.0870. The molecule has 1 unspecified atom stereocenters. The van der Waals surface area contributed by atoms with Crippen LogP contribution in [0.15, 0.2) is 49.2 Å². The third-order valence-electron chi connectivity index (χ3n) is 6.56. The van der Waals surface area contributed by atoms with Crippen molar-refractivity contribution in [2.45, 2.75) is 85.0 Å². The van der Waals surface area contributed by atoms with E-state index in [-0.39, 0.29) is 12.1 Å². The Balaban J connectivity index is 1.80. The Kier molecular flexibility index (Phi) is 9.52. The molecule has 1 atom stereocenters. The quantitative estimate of drug-likeness (QED) is 0.286. The monoisotopic (exact) mass is 592 g/mol. The van der Waals surface area contributed by atoms with E-state index in [2.05, 4.69) is 17.0 Å². The summed E-state index contributed by atoms with van der Waals surface area (Å²) >= 11 is 0. The summed E-state index contributed by atoms with van der Waals surface area (Å²) in [5, 5.41) is 8.12. The highest BCUT2D eigenvalue weighted by molar-refractivity contribution is 5.97. The number of fused-ring (bicyclic) bond motifs is 1. The largest absolute Gasteiger partial charge is 0.494 e. The number of hydrogen-bond donors (Lipinski definition) is 1. The molecule has 232 valence electrons. The fourth-order valence-electron chi connectivity index (χ4n) is 4.90. The first-order valence-corrected chi connectivity index (χ1v) is 14.8. The molecule has 3 heterocycles. The number of carbonyl (C=O) groups is 2. The van der Waals surface area contributed by atoms with Crippen molar-refractivity contribution in [2.24, 2.45) is 0 Å². The number of ether oxygens (including phenoxy) is 3. The van der Waals surface area contributed by atoms with Crippen LogP contribution < -0.4 is 15.0 Å². The zero-order chi connectivity index (χ0) is 31.4. The molecule has 4 rings (SSSR count). The summed E-state index contributed by atoms with van der Waals surface area (Å²) in [4.78, 5) is 34.9. The average molecular weight is 593 g/mol. The number of piperidine rings is 1. The molecule has 2 aromatic heterocycles. The number of anilines is 3. The lowest BCUT2D eigenvalue weighted by atomic mass is 10.1. The van der Waals surface area contributed by atoms with Gasteiger partial charge in [-0.3, -0.25) is 0 Å². The summed E-state index contributed by atoms with van der Waals surface area (Å²) in [5.74, 6) is 1.75. The van der Waals surface area contributed by atoms with Crippen LogP contribution in [-0.4, -0.2) is 68.6 Å². The van der Waals surface area contributed by atoms with E-state index in [4.69, 9.17) is 19.2 Å². The molecule has 11 nitrogen and oxygen atoms in total. The van der Waals surface area contributed by atoms with Gasteiger partial charge in [0.15, 0.2) is 11.5 Å². The average Bonchev–Trinajstić information content (AvgIpc) is 3.38. The smallest absolute Gasteiger partial charge is 0.420 e. The van der Waals surface area contributed by atoms with Crippen molar-refractivity contribution < 1.29 is 23.8 Å². The van der Waals surface area contributed by atoms with E-state index < -0.39 is 17.3 Å². The van der Waals surface area contributed by atoms with Crippen LogP contribution in [0.2, 0.25) is 0 Å². The summed E-state index contributed by atoms with van der Waals surface area (Å²) in [6.07, 6.45) is 4.54. The third-order valence-corrected chi connectivity index (χ3v) is 6.56. The van der Waals surface area contributed by atoms with Gasteiger partial charge in [-0.05, 0) is 92.0 Å². The molecule has 1 N–H and O–H groups in total. The highest BCUT2D eigenvalue weighted by Crippen LogP contribution is 2.36. The van der Waals surface area contributed by atoms with Gasteiger partial charge in [0.05, 0.1) is 18.5 Å². The number of rotatable bonds is 8. The van der Waals surface area contributed by atoms with Crippen molar-refractivity contribution in [3.63, 3.8) is 0 Å². The Morgan fingerprint density at radius 3 is 2.42 bits per heavy atom. The van der Waals surface area contributed by atoms with E-state index in [0.29, 0.717) is 60.4 Å². The first-order valence-electron chi connectivity index (χ1n) is 14.8. The molecule has 11 heteroatoms. The summed E-state index contributed by atoms with van der Waals surface area (Å²) < 4.78 is 18.8. The molecular formula is C32H44N6O5. The zero-order valence-electron chi connectivity index (χ0n) is 26.3. The van der Waals surface area contributed by atoms with Crippen LogP contribution in [0.3, 0.4) is 0 Å². The van der Waals surface area contributed by atoms with Gasteiger partial charge in [0.2, 0.25) is 0 Å². The van der Waals surface area contributed by atoms with Crippen LogP contribution in [0, 0.1) is 0 Å². The number of hydrogen-bond acceptors (Lipinski definition) is 8. The van der Waals surface area contributed by atoms with Gasteiger partial charge in [0.25, 0.3) is 0 Å². The maximum absolute atomic E-state index is 13.9. The molecule has 2 amide bonds. The van der Waals surface area contributed by atoms with E-state index in [1.807, 2.05) is 72.7 Å². The van der Waals surface area contributed by atoms with Gasteiger partial charge >= 0.3 is 12.2 Å². The van der Waals surface area contributed by atoms with Crippen molar-refractivity contribution in [3.8, 4) is 5.75 Å². The van der Waals surface area contributed by atoms with Crippen LogP contribution in [0.1, 0.15) is 66.9 Å². The number of carbonyl (C=O) groups excluding carboxylic acids is 2. The molecule has 0 spiro atoms. The van der Waals surface area contributed by atoms with Gasteiger partial charge in [-0.2, -0.15) is 9.61 Å². The Bertz CT molecular complexity index is 1440. The summed E-state index contributed by atoms with van der Waals surface area (Å²) in [7, 11) is 0. The number of nitrogens with zero attached hydrogens (tertiary/aromatic N) is 5. The predicted molar refractivity (Wildman–Crippen MR) is 167 cm³/mol. The number of allylic oxidation sites excluding steroid dienone is 1. The van der Waals surface area contributed by atoms with Crippen LogP contribution in [0.25, 0.3) is 5.65 Å². The number of nitrogens with one attached hydrogen (secondary N) is 1. The Morgan fingerprint density at radius 2 is 1.79 bits per heavy atom. The highest BCUT2D eigenvalue weighted by Gasteiger charge is 2.33. The second kappa shape index (κ2) is 12.9. The van der Waals surface area contributed by atoms with E-state index >= 15 is 0 Å². The predicted octanol–water partition coefficient (Wildman–Crippen LogP) is 6.74. The van der Waals surface area contributed by atoms with Crippen molar-refractivity contribution in [1.29, 1.82) is 0 Å². The maximum atomic E-state index is 13.9. The maximum Gasteiger partial charge on any atom is 0.420 e. The van der Waals surface area contributed by atoms with Gasteiger partial charge in [-0.25, -0.2) is 19.5 Å². The molecule has 1 aliphatic heterocycles. The number of aromatic nitrogens is 3. The lowest BCUT2D eigenvalue weighted by molar-refractivity contribution is 0.0206. The first-order chi connectivity index (χ1) is 20.3. The molecule has 1 aliphatic rings. The number of benzene rings is 1. The van der Waals surface area contributed by atoms with Crippen LogP contribution in [-0.2, 0) is 15.9 Å². The summed E-state index contributed by atoms with van der Waals surface area (Å²) in [5.41, 5.74) is 0.504. The summed E-state index contributed by atoms with van der Waals surface area (Å²) in [6, 6.07) is 8.96. The molecule has 43 heavy (non-hydrogen) atoms. The van der Waals surface area contributed by atoms with E-state index in [0.717, 1.165) is 12.8 Å². The number of likely N-dealkylation sites (tertiary alicyclic amines) is 1. The fourth-order valence-corrected chi connectivity index (χ4v) is 4.90. The van der Waals surface area contributed by atoms with Crippen LogP contribution in [0.5, 0.6) is 5.75 Å². The highest BCUT2D eigenvalue weighted by atomic mass is 16.6. The Labute approximate surface area is 253 Å². The van der Waals surface area contributed by atoms with Gasteiger partial charge in [-0.1, -0.05) is 6.08 Å². The topological polar surface area (TPSA) is 111 Å². The molecule has 1 aromatic carbocycles. The van der Waals surface area contributed by atoms with Crippen LogP contribution >= 0.6 is 0 Å². The summed E-state index contributed by atoms with van der Waals surface area (Å²) in [6.45, 7) is 18.6. The van der Waals surface area contributed by atoms with Crippen molar-refractivity contribution in [1.82, 2.24) is 19.5 Å². The van der Waals surface area contributed by atoms with E-state index in [1.54, 1.807) is 27.8 Å². The van der Waals surface area contributed by atoms with Gasteiger partial charge < -0.3 is 24.4 Å². The minimum Gasteiger partial charge on any atom is -0.494 e. The Hall–Kier alpha value is -4.28. The molecule has 1 fully saturated rings. The first kappa shape index (κ1) is 31.7. The third kappa shape index (κ3) is 7.97. The lowest BCUT2D eigenvalue weighted by Gasteiger charge is -2.35. The van der Waals surface area contributed by atoms with Crippen LogP contribution in [0.4, 0.5) is 26.9 Å². The fraction of sp³-hybridized carbons (Fsp3) is 0.500. The molecule has 0 radical (unpaired) electrons. The minimum atomic E-state index is -0.746. The van der Waals surface area contributed by atoms with Crippen molar-refractivity contribution in [3.05, 3.63) is 54.7 Å². The van der Waals surface area contributed by atoms with Gasteiger partial charge in [0, 0.05) is 30.8 Å². The molecule has 0 saturated carbocycles. The normalized spacial score (nSPS) is 15.6. The standard InChI is InChI=1S/C32H44N6O5/c1-9-12-25-27(34-22-13-11-20-36(21-22)29(39)42-31(3,4)5)35-26-18-19-33-38(26)28(25)37(30(40)43-32(6,7)8)23-14-16-24(17-15-23)41-10-2/h9,14-19,22H,1,10-13,20-21H2,2-8H3,(H,34,35). The lowest BCUT2D eigenvalue weighted by Crippen LogP contribution is -2.47. The second-order valence-corrected chi connectivity index (χ2v) is 12.5.